The van der Waals surface area contributed by atoms with Crippen LogP contribution in [0.25, 0.3) is 22.2 Å². The highest BCUT2D eigenvalue weighted by molar-refractivity contribution is 5.99. The summed E-state index contributed by atoms with van der Waals surface area (Å²) in [5, 5.41) is 10.4. The van der Waals surface area contributed by atoms with Gasteiger partial charge in [-0.15, -0.1) is 0 Å². The molecule has 0 saturated carbocycles. The largest absolute Gasteiger partial charge is 0.367 e. The predicted molar refractivity (Wildman–Crippen MR) is 143 cm³/mol. The van der Waals surface area contributed by atoms with E-state index in [4.69, 9.17) is 4.98 Å². The zero-order valence-electron chi connectivity index (χ0n) is 20.1. The number of piperidine rings is 1. The zero-order valence-corrected chi connectivity index (χ0v) is 20.1. The van der Waals surface area contributed by atoms with Crippen molar-refractivity contribution in [3.05, 3.63) is 73.7 Å². The summed E-state index contributed by atoms with van der Waals surface area (Å²) in [6, 6.07) is 13.8. The molecule has 3 N–H and O–H groups in total. The minimum absolute atomic E-state index is 0.278. The predicted octanol–water partition coefficient (Wildman–Crippen LogP) is 4.46. The number of hydrogen-bond acceptors (Lipinski definition) is 8. The maximum absolute atomic E-state index is 11.7. The lowest BCUT2D eigenvalue weighted by atomic mass is 10.1. The van der Waals surface area contributed by atoms with E-state index in [1.165, 1.54) is 6.08 Å². The Labute approximate surface area is 209 Å². The lowest BCUT2D eigenvalue weighted by molar-refractivity contribution is -0.111. The number of benzene rings is 1. The van der Waals surface area contributed by atoms with Gasteiger partial charge in [-0.25, -0.2) is 15.0 Å². The normalized spacial score (nSPS) is 14.4. The lowest BCUT2D eigenvalue weighted by Crippen LogP contribution is -2.36. The molecule has 5 rings (SSSR count). The number of anilines is 4. The van der Waals surface area contributed by atoms with E-state index >= 15 is 0 Å². The van der Waals surface area contributed by atoms with Crippen LogP contribution in [-0.4, -0.2) is 56.9 Å². The molecule has 4 aromatic rings. The number of carbonyl (C=O) groups excluding carboxylic acids is 1. The van der Waals surface area contributed by atoms with Crippen LogP contribution < -0.4 is 16.0 Å². The van der Waals surface area contributed by atoms with Gasteiger partial charge in [-0.05, 0) is 63.3 Å². The summed E-state index contributed by atoms with van der Waals surface area (Å²) in [7, 11) is 2.16. The van der Waals surface area contributed by atoms with Crippen molar-refractivity contribution in [2.24, 2.45) is 0 Å². The number of carbonyl (C=O) groups is 1. The minimum Gasteiger partial charge on any atom is -0.367 e. The second kappa shape index (κ2) is 10.5. The SMILES string of the molecule is C=CC(=O)Nc1ccnc(-c2cccc3cnc(Nc4ccc(NC5CCN(C)CC5)nc4)nc23)c1. The molecule has 1 aliphatic heterocycles. The van der Waals surface area contributed by atoms with Crippen LogP contribution >= 0.6 is 0 Å². The average molecular weight is 481 g/mol. The molecule has 0 spiro atoms. The summed E-state index contributed by atoms with van der Waals surface area (Å²) in [4.78, 5) is 32.3. The fourth-order valence-corrected chi connectivity index (χ4v) is 4.22. The van der Waals surface area contributed by atoms with Gasteiger partial charge in [0, 0.05) is 35.1 Å². The smallest absolute Gasteiger partial charge is 0.247 e. The van der Waals surface area contributed by atoms with Crippen LogP contribution in [0.4, 0.5) is 23.1 Å². The molecule has 4 heterocycles. The second-order valence-corrected chi connectivity index (χ2v) is 8.84. The summed E-state index contributed by atoms with van der Waals surface area (Å²) in [6.07, 6.45) is 8.67. The average Bonchev–Trinajstić information content (AvgIpc) is 2.91. The van der Waals surface area contributed by atoms with E-state index in [2.05, 4.69) is 49.4 Å². The highest BCUT2D eigenvalue weighted by atomic mass is 16.1. The van der Waals surface area contributed by atoms with Crippen molar-refractivity contribution < 1.29 is 4.79 Å². The highest BCUT2D eigenvalue weighted by Gasteiger charge is 2.16. The number of rotatable bonds is 7. The van der Waals surface area contributed by atoms with Gasteiger partial charge in [-0.2, -0.15) is 0 Å². The first-order valence-corrected chi connectivity index (χ1v) is 11.9. The molecular weight excluding hydrogens is 452 g/mol. The van der Waals surface area contributed by atoms with E-state index in [9.17, 15) is 4.79 Å². The van der Waals surface area contributed by atoms with Gasteiger partial charge in [0.1, 0.15) is 5.82 Å². The molecule has 0 atom stereocenters. The molecule has 1 aliphatic rings. The van der Waals surface area contributed by atoms with Crippen LogP contribution in [0, 0.1) is 0 Å². The van der Waals surface area contributed by atoms with Crippen molar-refractivity contribution in [2.45, 2.75) is 18.9 Å². The Morgan fingerprint density at radius 3 is 2.69 bits per heavy atom. The summed E-state index contributed by atoms with van der Waals surface area (Å²) >= 11 is 0. The van der Waals surface area contributed by atoms with Gasteiger partial charge in [-0.1, -0.05) is 24.8 Å². The third kappa shape index (κ3) is 5.47. The van der Waals surface area contributed by atoms with E-state index in [0.29, 0.717) is 23.4 Å². The Morgan fingerprint density at radius 1 is 1.06 bits per heavy atom. The number of likely N-dealkylation sites (tertiary alicyclic amines) is 1. The number of fused-ring (bicyclic) bond motifs is 1. The van der Waals surface area contributed by atoms with Crippen LogP contribution in [0.2, 0.25) is 0 Å². The molecule has 1 saturated heterocycles. The Morgan fingerprint density at radius 2 is 1.92 bits per heavy atom. The molecule has 1 amide bonds. The summed E-state index contributed by atoms with van der Waals surface area (Å²) in [5.74, 6) is 1.05. The third-order valence-electron chi connectivity index (χ3n) is 6.19. The molecule has 0 bridgehead atoms. The van der Waals surface area contributed by atoms with Crippen LogP contribution in [0.3, 0.4) is 0 Å². The molecule has 182 valence electrons. The van der Waals surface area contributed by atoms with Crippen LogP contribution in [0.1, 0.15) is 12.8 Å². The van der Waals surface area contributed by atoms with Gasteiger partial charge < -0.3 is 20.9 Å². The van der Waals surface area contributed by atoms with Crippen LogP contribution in [0.5, 0.6) is 0 Å². The molecular formula is C27H28N8O. The highest BCUT2D eigenvalue weighted by Crippen LogP contribution is 2.28. The van der Waals surface area contributed by atoms with Gasteiger partial charge in [0.25, 0.3) is 0 Å². The van der Waals surface area contributed by atoms with Gasteiger partial charge >= 0.3 is 0 Å². The first-order valence-electron chi connectivity index (χ1n) is 11.9. The lowest BCUT2D eigenvalue weighted by Gasteiger charge is -2.29. The Balaban J connectivity index is 1.35. The van der Waals surface area contributed by atoms with Crippen molar-refractivity contribution >= 4 is 40.0 Å². The Hall–Kier alpha value is -4.37. The number of amides is 1. The molecule has 0 radical (unpaired) electrons. The molecule has 3 aromatic heterocycles. The molecule has 9 heteroatoms. The van der Waals surface area contributed by atoms with Crippen molar-refractivity contribution in [2.75, 3.05) is 36.1 Å². The summed E-state index contributed by atoms with van der Waals surface area (Å²) < 4.78 is 0. The van der Waals surface area contributed by atoms with E-state index in [0.717, 1.165) is 53.9 Å². The molecule has 0 unspecified atom stereocenters. The fraction of sp³-hybridized carbons (Fsp3) is 0.222. The molecule has 9 nitrogen and oxygen atoms in total. The maximum Gasteiger partial charge on any atom is 0.247 e. The van der Waals surface area contributed by atoms with Crippen molar-refractivity contribution in [1.82, 2.24) is 24.8 Å². The first kappa shape index (κ1) is 23.4. The summed E-state index contributed by atoms with van der Waals surface area (Å²) in [6.45, 7) is 5.69. The number of para-hydroxylation sites is 1. The monoisotopic (exact) mass is 480 g/mol. The molecule has 1 fully saturated rings. The first-order chi connectivity index (χ1) is 17.6. The standard InChI is InChI=1S/C27H28N8O/c1-3-25(36)32-20-9-12-28-23(15-20)22-6-4-5-18-16-30-27(34-26(18)22)33-21-7-8-24(29-17-21)31-19-10-13-35(2)14-11-19/h3-9,12,15-17,19H,1,10-11,13-14H2,2H3,(H,29,31)(H,28,32,36)(H,30,33,34). The molecule has 0 aliphatic carbocycles. The number of aromatic nitrogens is 4. The van der Waals surface area contributed by atoms with E-state index < -0.39 is 0 Å². The Bertz CT molecular complexity index is 1380. The van der Waals surface area contributed by atoms with Crippen LogP contribution in [-0.2, 0) is 4.79 Å². The number of nitrogens with one attached hydrogen (secondary N) is 3. The molecule has 36 heavy (non-hydrogen) atoms. The van der Waals surface area contributed by atoms with Crippen molar-refractivity contribution in [3.63, 3.8) is 0 Å². The third-order valence-corrected chi connectivity index (χ3v) is 6.19. The van der Waals surface area contributed by atoms with Gasteiger partial charge in [-0.3, -0.25) is 9.78 Å². The van der Waals surface area contributed by atoms with Crippen molar-refractivity contribution in [1.29, 1.82) is 0 Å². The quantitative estimate of drug-likeness (QED) is 0.333. The van der Waals surface area contributed by atoms with Gasteiger partial charge in [0.2, 0.25) is 11.9 Å². The van der Waals surface area contributed by atoms with Crippen molar-refractivity contribution in [3.8, 4) is 11.3 Å². The topological polar surface area (TPSA) is 108 Å². The van der Waals surface area contributed by atoms with E-state index in [1.54, 1.807) is 24.7 Å². The Kier molecular flexibility index (Phi) is 6.81. The van der Waals surface area contributed by atoms with E-state index in [1.807, 2.05) is 36.4 Å². The minimum atomic E-state index is -0.278. The van der Waals surface area contributed by atoms with Gasteiger partial charge in [0.15, 0.2) is 0 Å². The molecule has 1 aromatic carbocycles. The van der Waals surface area contributed by atoms with E-state index in [-0.39, 0.29) is 5.91 Å². The number of nitrogens with zero attached hydrogens (tertiary/aromatic N) is 5. The number of hydrogen-bond donors (Lipinski definition) is 3. The maximum atomic E-state index is 11.7. The second-order valence-electron chi connectivity index (χ2n) is 8.84. The fourth-order valence-electron chi connectivity index (χ4n) is 4.22. The van der Waals surface area contributed by atoms with Gasteiger partial charge in [0.05, 0.1) is 23.1 Å². The summed E-state index contributed by atoms with van der Waals surface area (Å²) in [5.41, 5.74) is 3.71. The zero-order chi connectivity index (χ0) is 24.9. The number of pyridine rings is 2. The van der Waals surface area contributed by atoms with Crippen LogP contribution in [0.15, 0.2) is 73.7 Å².